The molecule has 1 aliphatic carbocycles. The van der Waals surface area contributed by atoms with Gasteiger partial charge in [0.05, 0.1) is 5.92 Å². The zero-order valence-electron chi connectivity index (χ0n) is 12.6. The van der Waals surface area contributed by atoms with E-state index < -0.39 is 0 Å². The van der Waals surface area contributed by atoms with E-state index >= 15 is 0 Å². The van der Waals surface area contributed by atoms with Gasteiger partial charge >= 0.3 is 0 Å². The van der Waals surface area contributed by atoms with Gasteiger partial charge < -0.3 is 4.79 Å². The first-order valence-corrected chi connectivity index (χ1v) is 7.28. The van der Waals surface area contributed by atoms with Crippen LogP contribution < -0.4 is 0 Å². The van der Waals surface area contributed by atoms with Crippen LogP contribution in [0.2, 0.25) is 0 Å². The Balaban J connectivity index is 0.000000199. The predicted octanol–water partition coefficient (Wildman–Crippen LogP) is 4.41. The zero-order chi connectivity index (χ0) is 15.2. The summed E-state index contributed by atoms with van der Waals surface area (Å²) >= 11 is 0. The number of benzene rings is 2. The van der Waals surface area contributed by atoms with E-state index in [1.54, 1.807) is 0 Å². The molecule has 0 aliphatic heterocycles. The quantitative estimate of drug-likeness (QED) is 0.500. The van der Waals surface area contributed by atoms with Gasteiger partial charge in [0.2, 0.25) is 0 Å². The van der Waals surface area contributed by atoms with Crippen LogP contribution in [0.15, 0.2) is 42.5 Å². The maximum Gasteiger partial charge on any atom is 0.134 e. The van der Waals surface area contributed by atoms with Crippen molar-refractivity contribution in [1.82, 2.24) is 0 Å². The third-order valence-electron chi connectivity index (χ3n) is 3.77. The summed E-state index contributed by atoms with van der Waals surface area (Å²) in [6.07, 6.45) is 7.56. The molecule has 0 saturated heterocycles. The molecule has 0 amide bonds. The van der Waals surface area contributed by atoms with Gasteiger partial charge in [0.15, 0.2) is 0 Å². The van der Waals surface area contributed by atoms with Crippen LogP contribution >= 0.6 is 0 Å². The maximum absolute atomic E-state index is 9.82. The van der Waals surface area contributed by atoms with Gasteiger partial charge in [-0.25, -0.2) is 0 Å². The molecule has 0 N–H and O–H groups in total. The molecular formula is C20H20O. The number of rotatable bonds is 2. The first-order valence-electron chi connectivity index (χ1n) is 7.28. The lowest BCUT2D eigenvalue weighted by molar-refractivity contribution is -0.109. The van der Waals surface area contributed by atoms with Crippen LogP contribution in [-0.4, -0.2) is 6.29 Å². The normalized spacial score (nSPS) is 12.2. The lowest BCUT2D eigenvalue weighted by Crippen LogP contribution is -1.93. The van der Waals surface area contributed by atoms with Crippen LogP contribution in [0.5, 0.6) is 0 Å². The minimum atomic E-state index is -0.167. The Morgan fingerprint density at radius 3 is 2.52 bits per heavy atom. The van der Waals surface area contributed by atoms with Gasteiger partial charge in [-0.2, -0.15) is 0 Å². The summed E-state index contributed by atoms with van der Waals surface area (Å²) in [5.41, 5.74) is 7.14. The zero-order valence-corrected chi connectivity index (χ0v) is 12.6. The van der Waals surface area contributed by atoms with Gasteiger partial charge in [0.25, 0.3) is 0 Å². The number of aryl methyl sites for hydroxylation is 1. The van der Waals surface area contributed by atoms with Gasteiger partial charge in [0.1, 0.15) is 6.29 Å². The Hall–Kier alpha value is -2.33. The smallest absolute Gasteiger partial charge is 0.134 e. The van der Waals surface area contributed by atoms with E-state index in [4.69, 9.17) is 6.42 Å². The molecule has 106 valence electrons. The summed E-state index contributed by atoms with van der Waals surface area (Å²) < 4.78 is 0. The number of aldehydes is 1. The topological polar surface area (TPSA) is 17.1 Å². The Kier molecular flexibility index (Phi) is 4.95. The fraction of sp³-hybridized carbons (Fsp3) is 0.250. The van der Waals surface area contributed by atoms with Crippen molar-refractivity contribution in [2.45, 2.75) is 26.7 Å². The van der Waals surface area contributed by atoms with Crippen LogP contribution in [0, 0.1) is 25.2 Å². The average Bonchev–Trinajstić information content (AvgIpc) is 2.87. The lowest BCUT2D eigenvalue weighted by atomic mass is 10.0. The minimum absolute atomic E-state index is 0.167. The summed E-state index contributed by atoms with van der Waals surface area (Å²) in [6, 6.07) is 15.4. The molecule has 0 aromatic heterocycles. The summed E-state index contributed by atoms with van der Waals surface area (Å²) in [5.74, 6) is 2.17. The molecule has 1 aliphatic rings. The second kappa shape index (κ2) is 6.90. The highest BCUT2D eigenvalue weighted by Crippen LogP contribution is 2.36. The van der Waals surface area contributed by atoms with Crippen molar-refractivity contribution in [3.05, 3.63) is 59.2 Å². The average molecular weight is 276 g/mol. The van der Waals surface area contributed by atoms with E-state index in [0.29, 0.717) is 0 Å². The molecule has 3 rings (SSSR count). The van der Waals surface area contributed by atoms with Crippen molar-refractivity contribution in [3.8, 4) is 23.5 Å². The fourth-order valence-electron chi connectivity index (χ4n) is 2.53. The molecule has 0 radical (unpaired) electrons. The van der Waals surface area contributed by atoms with Crippen LogP contribution in [0.3, 0.4) is 0 Å². The Labute approximate surface area is 127 Å². The summed E-state index contributed by atoms with van der Waals surface area (Å²) in [5, 5.41) is 0. The SMILES string of the molecule is C#CC(C=O)CC.Cc1ccc2c(c1)Cc1ccccc1-2. The summed E-state index contributed by atoms with van der Waals surface area (Å²) in [4.78, 5) is 9.82. The highest BCUT2D eigenvalue weighted by atomic mass is 16.1. The molecule has 1 unspecified atom stereocenters. The molecule has 0 fully saturated rings. The van der Waals surface area contributed by atoms with Gasteiger partial charge in [-0.05, 0) is 42.0 Å². The molecule has 2 aromatic carbocycles. The molecule has 21 heavy (non-hydrogen) atoms. The van der Waals surface area contributed by atoms with E-state index in [-0.39, 0.29) is 5.92 Å². The molecule has 0 saturated carbocycles. The first kappa shape index (κ1) is 15.1. The number of hydrogen-bond donors (Lipinski definition) is 0. The van der Waals surface area contributed by atoms with Gasteiger partial charge in [-0.15, -0.1) is 6.42 Å². The van der Waals surface area contributed by atoms with Gasteiger partial charge in [-0.1, -0.05) is 60.9 Å². The molecule has 0 bridgehead atoms. The fourth-order valence-corrected chi connectivity index (χ4v) is 2.53. The number of fused-ring (bicyclic) bond motifs is 3. The second-order valence-corrected chi connectivity index (χ2v) is 5.31. The van der Waals surface area contributed by atoms with Crippen LogP contribution in [0.1, 0.15) is 30.0 Å². The van der Waals surface area contributed by atoms with Crippen molar-refractivity contribution in [1.29, 1.82) is 0 Å². The van der Waals surface area contributed by atoms with Gasteiger partial charge in [-0.3, -0.25) is 0 Å². The number of carbonyl (C=O) groups excluding carboxylic acids is 1. The van der Waals surface area contributed by atoms with E-state index in [1.165, 1.54) is 27.8 Å². The highest BCUT2D eigenvalue weighted by molar-refractivity contribution is 5.76. The number of carbonyl (C=O) groups is 1. The standard InChI is InChI=1S/C14H12.C6H8O/c1-10-6-7-14-12(8-10)9-11-4-2-3-5-13(11)14;1-3-6(4-2)5-7/h2-8H,9H2,1H3;1,5-6H,4H2,2H3. The van der Waals surface area contributed by atoms with E-state index in [9.17, 15) is 4.79 Å². The Morgan fingerprint density at radius 1 is 1.19 bits per heavy atom. The largest absolute Gasteiger partial charge is 0.302 e. The van der Waals surface area contributed by atoms with E-state index in [1.807, 2.05) is 6.92 Å². The third-order valence-corrected chi connectivity index (χ3v) is 3.77. The highest BCUT2D eigenvalue weighted by Gasteiger charge is 2.16. The maximum atomic E-state index is 9.82. The minimum Gasteiger partial charge on any atom is -0.302 e. The summed E-state index contributed by atoms with van der Waals surface area (Å²) in [7, 11) is 0. The van der Waals surface area contributed by atoms with Crippen LogP contribution in [-0.2, 0) is 11.2 Å². The van der Waals surface area contributed by atoms with Crippen molar-refractivity contribution >= 4 is 6.29 Å². The molecule has 2 aromatic rings. The number of hydrogen-bond acceptors (Lipinski definition) is 1. The van der Waals surface area contributed by atoms with Crippen LogP contribution in [0.25, 0.3) is 11.1 Å². The summed E-state index contributed by atoms with van der Waals surface area (Å²) in [6.45, 7) is 4.04. The third kappa shape index (κ3) is 3.41. The number of terminal acetylenes is 1. The van der Waals surface area contributed by atoms with Crippen molar-refractivity contribution < 1.29 is 4.79 Å². The molecule has 1 heteroatoms. The van der Waals surface area contributed by atoms with E-state index in [2.05, 4.69) is 55.3 Å². The van der Waals surface area contributed by atoms with E-state index in [0.717, 1.165) is 19.1 Å². The van der Waals surface area contributed by atoms with Crippen LogP contribution in [0.4, 0.5) is 0 Å². The molecule has 0 spiro atoms. The van der Waals surface area contributed by atoms with Crippen molar-refractivity contribution in [2.24, 2.45) is 5.92 Å². The monoisotopic (exact) mass is 276 g/mol. The first-order chi connectivity index (χ1) is 10.2. The lowest BCUT2D eigenvalue weighted by Gasteiger charge is -2.00. The molecular weight excluding hydrogens is 256 g/mol. The van der Waals surface area contributed by atoms with Crippen molar-refractivity contribution in [2.75, 3.05) is 0 Å². The molecule has 1 nitrogen and oxygen atoms in total. The Morgan fingerprint density at radius 2 is 1.90 bits per heavy atom. The molecule has 0 heterocycles. The van der Waals surface area contributed by atoms with Gasteiger partial charge in [0, 0.05) is 0 Å². The Bertz CT molecular complexity index is 676. The second-order valence-electron chi connectivity index (χ2n) is 5.31. The predicted molar refractivity (Wildman–Crippen MR) is 88.1 cm³/mol. The van der Waals surface area contributed by atoms with Crippen molar-refractivity contribution in [3.63, 3.8) is 0 Å². The molecule has 1 atom stereocenters.